The Bertz CT molecular complexity index is 449. The van der Waals surface area contributed by atoms with E-state index < -0.39 is 0 Å². The maximum atomic E-state index is 5.48. The summed E-state index contributed by atoms with van der Waals surface area (Å²) in [5.74, 6) is 0. The predicted molar refractivity (Wildman–Crippen MR) is 64.3 cm³/mol. The largest absolute Gasteiger partial charge is 0.330 e. The molecule has 0 amide bonds. The Labute approximate surface area is 98.9 Å². The van der Waals surface area contributed by atoms with Crippen LogP contribution in [0.2, 0.25) is 0 Å². The van der Waals surface area contributed by atoms with Crippen molar-refractivity contribution in [1.82, 2.24) is 14.8 Å². The molecule has 0 aromatic carbocycles. The van der Waals surface area contributed by atoms with E-state index in [2.05, 4.69) is 16.1 Å². The monoisotopic (exact) mass is 234 g/mol. The van der Waals surface area contributed by atoms with E-state index in [1.165, 1.54) is 5.56 Å². The molecule has 16 heavy (non-hydrogen) atoms. The number of nitrogens with two attached hydrogens (primary N) is 1. The van der Waals surface area contributed by atoms with Gasteiger partial charge in [0.25, 0.3) is 0 Å². The lowest BCUT2D eigenvalue weighted by Crippen LogP contribution is -2.02. The Morgan fingerprint density at radius 2 is 2.25 bits per heavy atom. The first-order valence-corrected chi connectivity index (χ1v) is 5.91. The predicted octanol–water partition coefficient (Wildman–Crippen LogP) is 1.47. The number of aryl methyl sites for hydroxylation is 1. The van der Waals surface area contributed by atoms with Crippen molar-refractivity contribution >= 4 is 11.8 Å². The van der Waals surface area contributed by atoms with E-state index >= 15 is 0 Å². The maximum Gasteiger partial charge on any atom is 0.101 e. The Balaban J connectivity index is 2.05. The lowest BCUT2D eigenvalue weighted by molar-refractivity contribution is 0.766. The Morgan fingerprint density at radius 3 is 2.81 bits per heavy atom. The highest BCUT2D eigenvalue weighted by atomic mass is 32.2. The fraction of sp³-hybridized carbons (Fsp3) is 0.273. The molecule has 0 radical (unpaired) electrons. The molecule has 0 bridgehead atoms. The first kappa shape index (κ1) is 11.2. The van der Waals surface area contributed by atoms with E-state index in [9.17, 15) is 0 Å². The van der Waals surface area contributed by atoms with Crippen LogP contribution in [0.5, 0.6) is 0 Å². The van der Waals surface area contributed by atoms with Gasteiger partial charge in [0.05, 0.1) is 11.1 Å². The van der Waals surface area contributed by atoms with Gasteiger partial charge < -0.3 is 5.73 Å². The molecular formula is C11H14N4S. The van der Waals surface area contributed by atoms with Crippen molar-refractivity contribution < 1.29 is 0 Å². The summed E-state index contributed by atoms with van der Waals surface area (Å²) in [5, 5.41) is 5.09. The standard InChI is InChI=1S/C11H14N4S/c1-15-8-10(7-14-15)16-11-3-2-9(4-5-12)6-13-11/h2-3,6-8H,4-5,12H2,1H3. The molecule has 0 saturated carbocycles. The minimum atomic E-state index is 0.663. The van der Waals surface area contributed by atoms with Crippen molar-refractivity contribution in [3.8, 4) is 0 Å². The highest BCUT2D eigenvalue weighted by Crippen LogP contribution is 2.24. The minimum Gasteiger partial charge on any atom is -0.330 e. The van der Waals surface area contributed by atoms with Gasteiger partial charge >= 0.3 is 0 Å². The lowest BCUT2D eigenvalue weighted by Gasteiger charge is -2.00. The van der Waals surface area contributed by atoms with Crippen molar-refractivity contribution in [2.45, 2.75) is 16.3 Å². The average molecular weight is 234 g/mol. The van der Waals surface area contributed by atoms with E-state index in [0.29, 0.717) is 6.54 Å². The SMILES string of the molecule is Cn1cc(Sc2ccc(CCN)cn2)cn1. The van der Waals surface area contributed by atoms with Crippen LogP contribution in [-0.2, 0) is 13.5 Å². The second-order valence-electron chi connectivity index (χ2n) is 3.50. The molecule has 0 aliphatic heterocycles. The van der Waals surface area contributed by atoms with E-state index in [-0.39, 0.29) is 0 Å². The molecule has 0 unspecified atom stereocenters. The van der Waals surface area contributed by atoms with Crippen LogP contribution >= 0.6 is 11.8 Å². The molecule has 0 fully saturated rings. The number of aromatic nitrogens is 3. The van der Waals surface area contributed by atoms with Crippen molar-refractivity contribution in [3.05, 3.63) is 36.3 Å². The minimum absolute atomic E-state index is 0.663. The lowest BCUT2D eigenvalue weighted by atomic mass is 10.2. The number of pyridine rings is 1. The van der Waals surface area contributed by atoms with E-state index in [4.69, 9.17) is 5.73 Å². The van der Waals surface area contributed by atoms with Gasteiger partial charge in [-0.05, 0) is 24.6 Å². The van der Waals surface area contributed by atoms with Crippen LogP contribution in [0.15, 0.2) is 40.6 Å². The van der Waals surface area contributed by atoms with Crippen molar-refractivity contribution in [3.63, 3.8) is 0 Å². The summed E-state index contributed by atoms with van der Waals surface area (Å²) in [6.45, 7) is 0.663. The molecule has 2 rings (SSSR count). The van der Waals surface area contributed by atoms with Crippen molar-refractivity contribution in [1.29, 1.82) is 0 Å². The summed E-state index contributed by atoms with van der Waals surface area (Å²) < 4.78 is 1.78. The van der Waals surface area contributed by atoms with Crippen molar-refractivity contribution in [2.75, 3.05) is 6.54 Å². The van der Waals surface area contributed by atoms with Crippen molar-refractivity contribution in [2.24, 2.45) is 12.8 Å². The third-order valence-electron chi connectivity index (χ3n) is 2.13. The molecule has 4 nitrogen and oxygen atoms in total. The second-order valence-corrected chi connectivity index (χ2v) is 4.59. The highest BCUT2D eigenvalue weighted by Gasteiger charge is 2.01. The van der Waals surface area contributed by atoms with Gasteiger partial charge in [-0.1, -0.05) is 17.8 Å². The van der Waals surface area contributed by atoms with Gasteiger partial charge in [0.2, 0.25) is 0 Å². The molecule has 0 atom stereocenters. The van der Waals surface area contributed by atoms with Gasteiger partial charge in [-0.15, -0.1) is 0 Å². The zero-order valence-electron chi connectivity index (χ0n) is 9.13. The van der Waals surface area contributed by atoms with Crippen LogP contribution in [0.25, 0.3) is 0 Å². The molecule has 0 aliphatic rings. The van der Waals surface area contributed by atoms with Crippen LogP contribution < -0.4 is 5.73 Å². The zero-order valence-corrected chi connectivity index (χ0v) is 9.94. The Morgan fingerprint density at radius 1 is 1.38 bits per heavy atom. The van der Waals surface area contributed by atoms with Gasteiger partial charge in [-0.2, -0.15) is 5.10 Å². The summed E-state index contributed by atoms with van der Waals surface area (Å²) in [6.07, 6.45) is 6.57. The number of hydrogen-bond donors (Lipinski definition) is 1. The average Bonchev–Trinajstić information content (AvgIpc) is 2.67. The van der Waals surface area contributed by atoms with Gasteiger partial charge in [-0.3, -0.25) is 4.68 Å². The molecule has 2 aromatic rings. The van der Waals surface area contributed by atoms with Gasteiger partial charge in [0, 0.05) is 19.4 Å². The smallest absolute Gasteiger partial charge is 0.101 e. The summed E-state index contributed by atoms with van der Waals surface area (Å²) in [7, 11) is 1.90. The fourth-order valence-corrected chi connectivity index (χ4v) is 2.15. The third kappa shape index (κ3) is 2.84. The van der Waals surface area contributed by atoms with Gasteiger partial charge in [0.15, 0.2) is 0 Å². The topological polar surface area (TPSA) is 56.7 Å². The first-order chi connectivity index (χ1) is 7.78. The first-order valence-electron chi connectivity index (χ1n) is 5.09. The molecule has 84 valence electrons. The summed E-state index contributed by atoms with van der Waals surface area (Å²) in [5.41, 5.74) is 6.66. The number of rotatable bonds is 4. The van der Waals surface area contributed by atoms with Crippen LogP contribution in [-0.4, -0.2) is 21.3 Å². The molecule has 2 aromatic heterocycles. The van der Waals surface area contributed by atoms with Crippen LogP contribution in [0.1, 0.15) is 5.56 Å². The molecular weight excluding hydrogens is 220 g/mol. The van der Waals surface area contributed by atoms with E-state index in [0.717, 1.165) is 16.3 Å². The van der Waals surface area contributed by atoms with Gasteiger partial charge in [0.1, 0.15) is 5.03 Å². The quantitative estimate of drug-likeness (QED) is 0.870. The van der Waals surface area contributed by atoms with Crippen LogP contribution in [0.4, 0.5) is 0 Å². The number of hydrogen-bond acceptors (Lipinski definition) is 4. The Hall–Kier alpha value is -1.33. The van der Waals surface area contributed by atoms with Crippen LogP contribution in [0, 0.1) is 0 Å². The third-order valence-corrected chi connectivity index (χ3v) is 3.03. The molecule has 2 N–H and O–H groups in total. The van der Waals surface area contributed by atoms with E-state index in [1.807, 2.05) is 31.7 Å². The number of nitrogens with zero attached hydrogens (tertiary/aromatic N) is 3. The molecule has 2 heterocycles. The second kappa shape index (κ2) is 5.14. The molecule has 0 saturated heterocycles. The zero-order chi connectivity index (χ0) is 11.4. The maximum absolute atomic E-state index is 5.48. The Kier molecular flexibility index (Phi) is 3.58. The summed E-state index contributed by atoms with van der Waals surface area (Å²) in [6, 6.07) is 4.08. The normalized spacial score (nSPS) is 10.6. The van der Waals surface area contributed by atoms with E-state index in [1.54, 1.807) is 16.4 Å². The molecule has 5 heteroatoms. The molecule has 0 spiro atoms. The summed E-state index contributed by atoms with van der Waals surface area (Å²) in [4.78, 5) is 5.47. The van der Waals surface area contributed by atoms with Crippen LogP contribution in [0.3, 0.4) is 0 Å². The summed E-state index contributed by atoms with van der Waals surface area (Å²) >= 11 is 1.61. The molecule has 0 aliphatic carbocycles. The fourth-order valence-electron chi connectivity index (χ4n) is 1.36. The highest BCUT2D eigenvalue weighted by molar-refractivity contribution is 7.99. The van der Waals surface area contributed by atoms with Gasteiger partial charge in [-0.25, -0.2) is 4.98 Å².